The fourth-order valence-electron chi connectivity index (χ4n) is 5.15. The first-order chi connectivity index (χ1) is 21.7. The molecule has 44 heavy (non-hydrogen) atoms. The average Bonchev–Trinajstić information content (AvgIpc) is 3.36. The number of esters is 1. The van der Waals surface area contributed by atoms with Crippen LogP contribution in [0.2, 0.25) is 0 Å². The Bertz CT molecular complexity index is 1030. The molecule has 0 aliphatic heterocycles. The summed E-state index contributed by atoms with van der Waals surface area (Å²) in [7, 11) is 0. The van der Waals surface area contributed by atoms with Gasteiger partial charge in [0, 0.05) is 18.9 Å². The minimum atomic E-state index is -0.451. The number of hydrogen-bond donors (Lipinski definition) is 1. The fourth-order valence-corrected chi connectivity index (χ4v) is 5.15. The Labute approximate surface area is 262 Å². The van der Waals surface area contributed by atoms with Crippen LogP contribution in [0.25, 0.3) is 11.1 Å². The SMILES string of the molecule is CCCCCCCCCC(=O)OCCOCCOCCOCCOCCNC(=O)OCC1c2ccccc2-c2ccccc21. The zero-order valence-corrected chi connectivity index (χ0v) is 26.4. The average molecular weight is 614 g/mol. The number of hydrogen-bond acceptors (Lipinski definition) is 8. The Morgan fingerprint density at radius 3 is 1.70 bits per heavy atom. The van der Waals surface area contributed by atoms with Crippen molar-refractivity contribution in [2.24, 2.45) is 0 Å². The summed E-state index contributed by atoms with van der Waals surface area (Å²) in [6.07, 6.45) is 8.31. The van der Waals surface area contributed by atoms with Crippen molar-refractivity contribution in [3.63, 3.8) is 0 Å². The van der Waals surface area contributed by atoms with E-state index >= 15 is 0 Å². The van der Waals surface area contributed by atoms with Crippen molar-refractivity contribution in [3.8, 4) is 11.1 Å². The van der Waals surface area contributed by atoms with E-state index < -0.39 is 6.09 Å². The number of alkyl carbamates (subject to hydrolysis) is 1. The summed E-state index contributed by atoms with van der Waals surface area (Å²) in [5.74, 6) is -0.106. The lowest BCUT2D eigenvalue weighted by molar-refractivity contribution is -0.145. The molecule has 1 aliphatic carbocycles. The molecule has 244 valence electrons. The topological polar surface area (TPSA) is 102 Å². The molecular formula is C35H51NO8. The zero-order chi connectivity index (χ0) is 31.1. The smallest absolute Gasteiger partial charge is 0.407 e. The van der Waals surface area contributed by atoms with Crippen molar-refractivity contribution in [1.82, 2.24) is 5.32 Å². The molecule has 0 saturated carbocycles. The molecule has 1 amide bonds. The predicted molar refractivity (Wildman–Crippen MR) is 170 cm³/mol. The first-order valence-corrected chi connectivity index (χ1v) is 16.3. The number of carbonyl (C=O) groups is 2. The van der Waals surface area contributed by atoms with Crippen molar-refractivity contribution in [2.75, 3.05) is 72.6 Å². The van der Waals surface area contributed by atoms with Gasteiger partial charge in [-0.05, 0) is 28.7 Å². The Morgan fingerprint density at radius 2 is 1.11 bits per heavy atom. The van der Waals surface area contributed by atoms with Crippen molar-refractivity contribution >= 4 is 12.1 Å². The lowest BCUT2D eigenvalue weighted by Crippen LogP contribution is -2.29. The third-order valence-electron chi connectivity index (χ3n) is 7.45. The van der Waals surface area contributed by atoms with E-state index in [4.69, 9.17) is 28.4 Å². The van der Waals surface area contributed by atoms with Gasteiger partial charge in [-0.1, -0.05) is 94.0 Å². The van der Waals surface area contributed by atoms with E-state index in [0.717, 1.165) is 12.8 Å². The lowest BCUT2D eigenvalue weighted by atomic mass is 9.98. The van der Waals surface area contributed by atoms with Gasteiger partial charge in [-0.3, -0.25) is 4.79 Å². The molecule has 0 heterocycles. The minimum Gasteiger partial charge on any atom is -0.463 e. The van der Waals surface area contributed by atoms with E-state index in [0.29, 0.717) is 65.8 Å². The van der Waals surface area contributed by atoms with Gasteiger partial charge in [-0.2, -0.15) is 0 Å². The first-order valence-electron chi connectivity index (χ1n) is 16.3. The van der Waals surface area contributed by atoms with Gasteiger partial charge in [0.1, 0.15) is 13.2 Å². The normalized spacial score (nSPS) is 12.1. The summed E-state index contributed by atoms with van der Waals surface area (Å²) < 4.78 is 32.6. The number of unbranched alkanes of at least 4 members (excludes halogenated alkanes) is 6. The fraction of sp³-hybridized carbons (Fsp3) is 0.600. The molecule has 0 unspecified atom stereocenters. The van der Waals surface area contributed by atoms with Gasteiger partial charge in [0.15, 0.2) is 0 Å². The van der Waals surface area contributed by atoms with Gasteiger partial charge in [0.05, 0.1) is 52.9 Å². The van der Waals surface area contributed by atoms with E-state index in [1.54, 1.807) is 0 Å². The molecule has 3 rings (SSSR count). The van der Waals surface area contributed by atoms with Crippen molar-refractivity contribution in [2.45, 2.75) is 64.2 Å². The highest BCUT2D eigenvalue weighted by molar-refractivity contribution is 5.79. The molecule has 0 aromatic heterocycles. The molecule has 0 radical (unpaired) electrons. The van der Waals surface area contributed by atoms with E-state index in [1.807, 2.05) is 24.3 Å². The third kappa shape index (κ3) is 13.8. The van der Waals surface area contributed by atoms with Crippen LogP contribution in [0, 0.1) is 0 Å². The molecule has 0 atom stereocenters. The molecule has 0 spiro atoms. The quantitative estimate of drug-likeness (QED) is 0.103. The zero-order valence-electron chi connectivity index (χ0n) is 26.4. The number of benzene rings is 2. The van der Waals surface area contributed by atoms with E-state index in [1.165, 1.54) is 54.4 Å². The van der Waals surface area contributed by atoms with E-state index in [2.05, 4.69) is 36.5 Å². The Balaban J connectivity index is 1.05. The highest BCUT2D eigenvalue weighted by Crippen LogP contribution is 2.44. The van der Waals surface area contributed by atoms with Gasteiger partial charge in [0.2, 0.25) is 0 Å². The molecule has 9 nitrogen and oxygen atoms in total. The van der Waals surface area contributed by atoms with Gasteiger partial charge in [-0.15, -0.1) is 0 Å². The highest BCUT2D eigenvalue weighted by Gasteiger charge is 2.28. The van der Waals surface area contributed by atoms with E-state index in [-0.39, 0.29) is 25.1 Å². The second-order valence-electron chi connectivity index (χ2n) is 10.8. The standard InChI is InChI=1S/C35H51NO8/c1-2-3-4-5-6-7-8-17-34(37)43-27-26-42-25-24-41-23-22-40-21-20-39-19-18-36-35(38)44-28-33-31-15-11-9-13-29(31)30-14-10-12-16-32(30)33/h9-16,33H,2-8,17-28H2,1H3,(H,36,38). The summed E-state index contributed by atoms with van der Waals surface area (Å²) >= 11 is 0. The van der Waals surface area contributed by atoms with Crippen LogP contribution in [0.15, 0.2) is 48.5 Å². The minimum absolute atomic E-state index is 0.0406. The van der Waals surface area contributed by atoms with Crippen molar-refractivity contribution in [1.29, 1.82) is 0 Å². The second-order valence-corrected chi connectivity index (χ2v) is 10.8. The molecule has 2 aromatic rings. The molecule has 1 aliphatic rings. The van der Waals surface area contributed by atoms with Crippen LogP contribution < -0.4 is 5.32 Å². The molecular weight excluding hydrogens is 562 g/mol. The molecule has 2 aromatic carbocycles. The molecule has 1 N–H and O–H groups in total. The molecule has 0 bridgehead atoms. The largest absolute Gasteiger partial charge is 0.463 e. The van der Waals surface area contributed by atoms with Gasteiger partial charge in [0.25, 0.3) is 0 Å². The van der Waals surface area contributed by atoms with Crippen molar-refractivity contribution < 1.29 is 38.0 Å². The lowest BCUT2D eigenvalue weighted by Gasteiger charge is -2.14. The summed E-state index contributed by atoms with van der Waals surface area (Å²) in [4.78, 5) is 23.9. The maximum atomic E-state index is 12.2. The van der Waals surface area contributed by atoms with Gasteiger partial charge < -0.3 is 33.7 Å². The number of amides is 1. The van der Waals surface area contributed by atoms with Crippen LogP contribution in [0.1, 0.15) is 75.3 Å². The number of rotatable bonds is 25. The predicted octanol–water partition coefficient (Wildman–Crippen LogP) is 6.28. The summed E-state index contributed by atoms with van der Waals surface area (Å²) in [5.41, 5.74) is 4.78. The van der Waals surface area contributed by atoms with Gasteiger partial charge in [-0.25, -0.2) is 4.79 Å². The van der Waals surface area contributed by atoms with Crippen LogP contribution >= 0.6 is 0 Å². The molecule has 0 saturated heterocycles. The Morgan fingerprint density at radius 1 is 0.614 bits per heavy atom. The number of ether oxygens (including phenoxy) is 6. The molecule has 9 heteroatoms. The van der Waals surface area contributed by atoms with Crippen LogP contribution in [-0.4, -0.2) is 84.7 Å². The number of fused-ring (bicyclic) bond motifs is 3. The number of nitrogens with one attached hydrogen (secondary N) is 1. The Hall–Kier alpha value is -2.98. The van der Waals surface area contributed by atoms with Crippen LogP contribution in [0.3, 0.4) is 0 Å². The summed E-state index contributed by atoms with van der Waals surface area (Å²) in [6, 6.07) is 16.5. The molecule has 0 fully saturated rings. The van der Waals surface area contributed by atoms with Gasteiger partial charge >= 0.3 is 12.1 Å². The number of carbonyl (C=O) groups excluding carboxylic acids is 2. The first kappa shape index (κ1) is 35.5. The van der Waals surface area contributed by atoms with Crippen molar-refractivity contribution in [3.05, 3.63) is 59.7 Å². The monoisotopic (exact) mass is 613 g/mol. The summed E-state index contributed by atoms with van der Waals surface area (Å²) in [5, 5.41) is 2.74. The maximum Gasteiger partial charge on any atom is 0.407 e. The third-order valence-corrected chi connectivity index (χ3v) is 7.45. The van der Waals surface area contributed by atoms with Crippen LogP contribution in [0.4, 0.5) is 4.79 Å². The second kappa shape index (κ2) is 22.5. The maximum absolute atomic E-state index is 12.2. The van der Waals surface area contributed by atoms with E-state index in [9.17, 15) is 9.59 Å². The van der Waals surface area contributed by atoms with Crippen LogP contribution in [0.5, 0.6) is 0 Å². The van der Waals surface area contributed by atoms with Crippen LogP contribution in [-0.2, 0) is 33.2 Å². The highest BCUT2D eigenvalue weighted by atomic mass is 16.6. The Kier molecular flexibility index (Phi) is 18.2. The summed E-state index contributed by atoms with van der Waals surface area (Å²) in [6.45, 7) is 6.55.